The van der Waals surface area contributed by atoms with E-state index in [4.69, 9.17) is 9.47 Å². The third-order valence-corrected chi connectivity index (χ3v) is 3.48. The lowest BCUT2D eigenvalue weighted by molar-refractivity contribution is 0.0474. The summed E-state index contributed by atoms with van der Waals surface area (Å²) in [7, 11) is 0. The first-order valence-electron chi connectivity index (χ1n) is 7.24. The average Bonchev–Trinajstić information content (AvgIpc) is 2.50. The summed E-state index contributed by atoms with van der Waals surface area (Å²) in [5.74, 6) is -1.19. The second-order valence-corrected chi connectivity index (χ2v) is 4.90. The third kappa shape index (κ3) is 2.93. The molecule has 2 rings (SSSR count). The SMILES string of the molecule is CCOC(=O)c1cc2ccc(C)c(C)c2nc1C(=O)OCC. The molecular weight excluding hydrogens is 282 g/mol. The van der Waals surface area contributed by atoms with Crippen LogP contribution in [0.3, 0.4) is 0 Å². The van der Waals surface area contributed by atoms with E-state index in [9.17, 15) is 9.59 Å². The lowest BCUT2D eigenvalue weighted by atomic mass is 10.0. The molecule has 0 aliphatic carbocycles. The van der Waals surface area contributed by atoms with Crippen LogP contribution >= 0.6 is 0 Å². The van der Waals surface area contributed by atoms with Crippen molar-refractivity contribution >= 4 is 22.8 Å². The number of ether oxygens (including phenoxy) is 2. The minimum atomic E-state index is -0.617. The Hall–Kier alpha value is -2.43. The summed E-state index contributed by atoms with van der Waals surface area (Å²) < 4.78 is 10.0. The summed E-state index contributed by atoms with van der Waals surface area (Å²) in [6, 6.07) is 5.47. The quantitative estimate of drug-likeness (QED) is 0.811. The van der Waals surface area contributed by atoms with Gasteiger partial charge in [0.25, 0.3) is 0 Å². The molecule has 0 radical (unpaired) electrons. The summed E-state index contributed by atoms with van der Waals surface area (Å²) in [5, 5.41) is 0.791. The van der Waals surface area contributed by atoms with Crippen LogP contribution in [-0.2, 0) is 9.47 Å². The molecular formula is C17H19NO4. The van der Waals surface area contributed by atoms with E-state index < -0.39 is 11.9 Å². The molecule has 0 bridgehead atoms. The van der Waals surface area contributed by atoms with Crippen molar-refractivity contribution in [3.8, 4) is 0 Å². The topological polar surface area (TPSA) is 65.5 Å². The molecule has 5 heteroatoms. The maximum absolute atomic E-state index is 12.1. The van der Waals surface area contributed by atoms with Crippen molar-refractivity contribution < 1.29 is 19.1 Å². The highest BCUT2D eigenvalue weighted by Gasteiger charge is 2.22. The number of aromatic nitrogens is 1. The average molecular weight is 301 g/mol. The molecule has 2 aromatic rings. The zero-order chi connectivity index (χ0) is 16.3. The summed E-state index contributed by atoms with van der Waals surface area (Å²) in [6.45, 7) is 7.77. The number of benzene rings is 1. The number of carbonyl (C=O) groups excluding carboxylic acids is 2. The predicted octanol–water partition coefficient (Wildman–Crippen LogP) is 3.21. The number of fused-ring (bicyclic) bond motifs is 1. The Labute approximate surface area is 129 Å². The Morgan fingerprint density at radius 3 is 2.32 bits per heavy atom. The number of aryl methyl sites for hydroxylation is 2. The van der Waals surface area contributed by atoms with Gasteiger partial charge in [0.15, 0.2) is 5.69 Å². The maximum Gasteiger partial charge on any atom is 0.357 e. The number of pyridine rings is 1. The lowest BCUT2D eigenvalue weighted by Gasteiger charge is -2.11. The Bertz CT molecular complexity index is 737. The van der Waals surface area contributed by atoms with Crippen LogP contribution in [0.2, 0.25) is 0 Å². The second-order valence-electron chi connectivity index (χ2n) is 4.90. The fraction of sp³-hybridized carbons (Fsp3) is 0.353. The Balaban J connectivity index is 2.70. The Morgan fingerprint density at radius 1 is 1.05 bits per heavy atom. The number of rotatable bonds is 4. The normalized spacial score (nSPS) is 10.5. The molecule has 0 amide bonds. The molecule has 0 saturated heterocycles. The van der Waals surface area contributed by atoms with E-state index >= 15 is 0 Å². The van der Waals surface area contributed by atoms with E-state index in [0.29, 0.717) is 5.52 Å². The molecule has 1 aromatic heterocycles. The molecule has 0 saturated carbocycles. The van der Waals surface area contributed by atoms with E-state index in [2.05, 4.69) is 4.98 Å². The van der Waals surface area contributed by atoms with Crippen molar-refractivity contribution in [3.63, 3.8) is 0 Å². The van der Waals surface area contributed by atoms with Crippen LogP contribution in [0, 0.1) is 13.8 Å². The molecule has 22 heavy (non-hydrogen) atoms. The van der Waals surface area contributed by atoms with Crippen LogP contribution in [0.25, 0.3) is 10.9 Å². The van der Waals surface area contributed by atoms with E-state index in [1.807, 2.05) is 26.0 Å². The second kappa shape index (κ2) is 6.56. The molecule has 1 heterocycles. The number of hydrogen-bond acceptors (Lipinski definition) is 5. The molecule has 5 nitrogen and oxygen atoms in total. The first-order chi connectivity index (χ1) is 10.5. The Kier molecular flexibility index (Phi) is 4.75. The van der Waals surface area contributed by atoms with Gasteiger partial charge in [0.2, 0.25) is 0 Å². The smallest absolute Gasteiger partial charge is 0.357 e. The molecule has 0 unspecified atom stereocenters. The molecule has 0 spiro atoms. The summed E-state index contributed by atoms with van der Waals surface area (Å²) in [6.07, 6.45) is 0. The van der Waals surface area contributed by atoms with Crippen LogP contribution in [-0.4, -0.2) is 30.1 Å². The van der Waals surface area contributed by atoms with Crippen molar-refractivity contribution in [3.05, 3.63) is 40.6 Å². The number of esters is 2. The van der Waals surface area contributed by atoms with E-state index in [0.717, 1.165) is 16.5 Å². The fourth-order valence-corrected chi connectivity index (χ4v) is 2.20. The number of nitrogens with zero attached hydrogens (tertiary/aromatic N) is 1. The minimum absolute atomic E-state index is 0.00139. The van der Waals surface area contributed by atoms with Gasteiger partial charge in [-0.3, -0.25) is 0 Å². The van der Waals surface area contributed by atoms with Gasteiger partial charge in [-0.2, -0.15) is 0 Å². The summed E-state index contributed by atoms with van der Waals surface area (Å²) in [5.41, 5.74) is 2.87. The van der Waals surface area contributed by atoms with Crippen molar-refractivity contribution in [2.75, 3.05) is 13.2 Å². The van der Waals surface area contributed by atoms with Gasteiger partial charge >= 0.3 is 11.9 Å². The zero-order valence-electron chi connectivity index (χ0n) is 13.2. The van der Waals surface area contributed by atoms with Crippen molar-refractivity contribution in [1.29, 1.82) is 0 Å². The van der Waals surface area contributed by atoms with Gasteiger partial charge < -0.3 is 9.47 Å². The van der Waals surface area contributed by atoms with Crippen molar-refractivity contribution in [2.45, 2.75) is 27.7 Å². The van der Waals surface area contributed by atoms with Gasteiger partial charge in [0.05, 0.1) is 24.3 Å². The lowest BCUT2D eigenvalue weighted by Crippen LogP contribution is -2.16. The highest BCUT2D eigenvalue weighted by atomic mass is 16.5. The van der Waals surface area contributed by atoms with Gasteiger partial charge in [0.1, 0.15) is 0 Å². The van der Waals surface area contributed by atoms with E-state index in [1.165, 1.54) is 0 Å². The monoisotopic (exact) mass is 301 g/mol. The van der Waals surface area contributed by atoms with Crippen molar-refractivity contribution in [1.82, 2.24) is 4.98 Å². The molecule has 0 aliphatic heterocycles. The summed E-state index contributed by atoms with van der Waals surface area (Å²) in [4.78, 5) is 28.6. The molecule has 1 aromatic carbocycles. The van der Waals surface area contributed by atoms with Gasteiger partial charge in [0, 0.05) is 5.39 Å². The van der Waals surface area contributed by atoms with Gasteiger partial charge in [-0.1, -0.05) is 12.1 Å². The molecule has 0 N–H and O–H groups in total. The summed E-state index contributed by atoms with van der Waals surface area (Å²) >= 11 is 0. The molecule has 0 aliphatic rings. The van der Waals surface area contributed by atoms with Gasteiger partial charge in [-0.15, -0.1) is 0 Å². The fourth-order valence-electron chi connectivity index (χ4n) is 2.20. The maximum atomic E-state index is 12.1. The van der Waals surface area contributed by atoms with Crippen LogP contribution < -0.4 is 0 Å². The third-order valence-electron chi connectivity index (χ3n) is 3.48. The van der Waals surface area contributed by atoms with Crippen LogP contribution in [0.15, 0.2) is 18.2 Å². The molecule has 0 atom stereocenters. The predicted molar refractivity (Wildman–Crippen MR) is 83.1 cm³/mol. The molecule has 0 fully saturated rings. The zero-order valence-corrected chi connectivity index (χ0v) is 13.2. The van der Waals surface area contributed by atoms with E-state index in [-0.39, 0.29) is 24.5 Å². The minimum Gasteiger partial charge on any atom is -0.462 e. The first kappa shape index (κ1) is 15.9. The largest absolute Gasteiger partial charge is 0.462 e. The van der Waals surface area contributed by atoms with Crippen LogP contribution in [0.5, 0.6) is 0 Å². The molecule has 116 valence electrons. The standard InChI is InChI=1S/C17H19NO4/c1-5-21-16(19)13-9-12-8-7-10(3)11(4)14(12)18-15(13)17(20)22-6-2/h7-9H,5-6H2,1-4H3. The van der Waals surface area contributed by atoms with Gasteiger partial charge in [-0.05, 0) is 44.9 Å². The van der Waals surface area contributed by atoms with E-state index in [1.54, 1.807) is 19.9 Å². The number of carbonyl (C=O) groups is 2. The Morgan fingerprint density at radius 2 is 1.68 bits per heavy atom. The highest BCUT2D eigenvalue weighted by molar-refractivity contribution is 6.05. The van der Waals surface area contributed by atoms with Crippen LogP contribution in [0.1, 0.15) is 45.8 Å². The highest BCUT2D eigenvalue weighted by Crippen LogP contribution is 2.23. The first-order valence-corrected chi connectivity index (χ1v) is 7.24. The van der Waals surface area contributed by atoms with Crippen molar-refractivity contribution in [2.24, 2.45) is 0 Å². The van der Waals surface area contributed by atoms with Crippen LogP contribution in [0.4, 0.5) is 0 Å². The van der Waals surface area contributed by atoms with Gasteiger partial charge in [-0.25, -0.2) is 14.6 Å². The number of hydrogen-bond donors (Lipinski definition) is 0.